The molecule has 2 aromatic rings. The van der Waals surface area contributed by atoms with E-state index in [4.69, 9.17) is 0 Å². The molecule has 0 aliphatic carbocycles. The van der Waals surface area contributed by atoms with Crippen molar-refractivity contribution >= 4 is 5.91 Å². The van der Waals surface area contributed by atoms with E-state index < -0.39 is 17.6 Å². The number of aromatic nitrogens is 4. The van der Waals surface area contributed by atoms with E-state index in [0.29, 0.717) is 12.0 Å². The molecule has 1 atom stereocenters. The lowest BCUT2D eigenvalue weighted by Gasteiger charge is -2.46. The van der Waals surface area contributed by atoms with Crippen molar-refractivity contribution in [3.8, 4) is 0 Å². The summed E-state index contributed by atoms with van der Waals surface area (Å²) in [6, 6.07) is 6.36. The zero-order chi connectivity index (χ0) is 16.7. The number of tetrazole rings is 1. The van der Waals surface area contributed by atoms with Crippen LogP contribution in [-0.2, 0) is 23.3 Å². The number of nitrogens with zero attached hydrogens (tertiary/aromatic N) is 5. The predicted octanol–water partition coefficient (Wildman–Crippen LogP) is 1.54. The number of alkyl halides is 3. The molecular formula is C14H14F3N5O. The van der Waals surface area contributed by atoms with Gasteiger partial charge >= 0.3 is 6.18 Å². The third-order valence-corrected chi connectivity index (χ3v) is 4.23. The first-order chi connectivity index (χ1) is 10.8. The van der Waals surface area contributed by atoms with Crippen LogP contribution in [0.5, 0.6) is 0 Å². The Bertz CT molecular complexity index is 715. The lowest BCUT2D eigenvalue weighted by atomic mass is 9.81. The summed E-state index contributed by atoms with van der Waals surface area (Å²) in [5.41, 5.74) is -1.64. The van der Waals surface area contributed by atoms with E-state index in [1.807, 2.05) is 0 Å². The first-order valence-electron chi connectivity index (χ1n) is 7.00. The summed E-state index contributed by atoms with van der Waals surface area (Å²) < 4.78 is 42.7. The highest BCUT2D eigenvalue weighted by atomic mass is 19.4. The van der Waals surface area contributed by atoms with Crippen LogP contribution in [0.4, 0.5) is 13.2 Å². The van der Waals surface area contributed by atoms with Gasteiger partial charge in [-0.1, -0.05) is 24.3 Å². The first-order valence-corrected chi connectivity index (χ1v) is 7.00. The minimum absolute atomic E-state index is 0.00597. The minimum Gasteiger partial charge on any atom is -0.323 e. The molecule has 1 aromatic carbocycles. The molecule has 122 valence electrons. The number of halogens is 3. The van der Waals surface area contributed by atoms with E-state index in [2.05, 4.69) is 15.5 Å². The molecule has 9 heteroatoms. The van der Waals surface area contributed by atoms with Gasteiger partial charge in [0.15, 0.2) is 5.54 Å². The number of hydrogen-bond donors (Lipinski definition) is 0. The van der Waals surface area contributed by atoms with Crippen LogP contribution in [0.25, 0.3) is 0 Å². The summed E-state index contributed by atoms with van der Waals surface area (Å²) >= 11 is 0. The van der Waals surface area contributed by atoms with E-state index in [-0.39, 0.29) is 18.7 Å². The second-order valence-corrected chi connectivity index (χ2v) is 5.53. The van der Waals surface area contributed by atoms with Gasteiger partial charge in [-0.05, 0) is 34.9 Å². The summed E-state index contributed by atoms with van der Waals surface area (Å²) in [6.45, 7) is 0.706. The van der Waals surface area contributed by atoms with Crippen LogP contribution in [0.15, 0.2) is 30.6 Å². The standard InChI is InChI=1S/C14H14F3N5O/c1-13(14(15,16)17)11-5-3-2-4-10(11)6-7-22(13)12(23)8-21-9-18-19-20-21/h2-5,9H,6-8H2,1H3. The Kier molecular flexibility index (Phi) is 3.57. The number of rotatable bonds is 2. The Labute approximate surface area is 129 Å². The van der Waals surface area contributed by atoms with Gasteiger partial charge in [0.05, 0.1) is 0 Å². The maximum Gasteiger partial charge on any atom is 0.415 e. The maximum atomic E-state index is 13.9. The highest BCUT2D eigenvalue weighted by molar-refractivity contribution is 5.77. The molecule has 0 bridgehead atoms. The monoisotopic (exact) mass is 325 g/mol. The van der Waals surface area contributed by atoms with Crippen molar-refractivity contribution in [2.45, 2.75) is 31.6 Å². The van der Waals surface area contributed by atoms with Crippen molar-refractivity contribution in [2.75, 3.05) is 6.54 Å². The Morgan fingerprint density at radius 3 is 2.74 bits per heavy atom. The lowest BCUT2D eigenvalue weighted by Crippen LogP contribution is -2.60. The van der Waals surface area contributed by atoms with Gasteiger partial charge in [0.25, 0.3) is 0 Å². The number of benzene rings is 1. The topological polar surface area (TPSA) is 63.9 Å². The van der Waals surface area contributed by atoms with Gasteiger partial charge in [0, 0.05) is 6.54 Å². The second-order valence-electron chi connectivity index (χ2n) is 5.53. The SMILES string of the molecule is CC1(C(F)(F)F)c2ccccc2CCN1C(=O)Cn1cnnn1. The van der Waals surface area contributed by atoms with Crippen molar-refractivity contribution in [3.05, 3.63) is 41.7 Å². The van der Waals surface area contributed by atoms with Crippen molar-refractivity contribution < 1.29 is 18.0 Å². The molecule has 1 unspecified atom stereocenters. The summed E-state index contributed by atoms with van der Waals surface area (Å²) in [4.78, 5) is 13.3. The van der Waals surface area contributed by atoms with Crippen molar-refractivity contribution in [1.29, 1.82) is 0 Å². The highest BCUT2D eigenvalue weighted by Gasteiger charge is 2.59. The van der Waals surface area contributed by atoms with E-state index in [9.17, 15) is 18.0 Å². The number of carbonyl (C=O) groups excluding carboxylic acids is 1. The molecule has 0 saturated heterocycles. The van der Waals surface area contributed by atoms with Crippen LogP contribution in [0.1, 0.15) is 18.1 Å². The Morgan fingerprint density at radius 1 is 1.35 bits per heavy atom. The molecular weight excluding hydrogens is 311 g/mol. The van der Waals surface area contributed by atoms with E-state index in [1.54, 1.807) is 18.2 Å². The van der Waals surface area contributed by atoms with E-state index in [0.717, 1.165) is 16.5 Å². The van der Waals surface area contributed by atoms with Crippen molar-refractivity contribution in [2.24, 2.45) is 0 Å². The molecule has 1 amide bonds. The van der Waals surface area contributed by atoms with Gasteiger partial charge in [0.2, 0.25) is 5.91 Å². The molecule has 2 heterocycles. The van der Waals surface area contributed by atoms with Crippen LogP contribution in [0.2, 0.25) is 0 Å². The zero-order valence-corrected chi connectivity index (χ0v) is 12.3. The summed E-state index contributed by atoms with van der Waals surface area (Å²) in [5.74, 6) is -0.674. The van der Waals surface area contributed by atoms with Gasteiger partial charge in [-0.2, -0.15) is 13.2 Å². The Hall–Kier alpha value is -2.45. The van der Waals surface area contributed by atoms with Gasteiger partial charge in [-0.15, -0.1) is 5.10 Å². The smallest absolute Gasteiger partial charge is 0.323 e. The van der Waals surface area contributed by atoms with Gasteiger partial charge in [-0.25, -0.2) is 4.68 Å². The molecule has 0 fully saturated rings. The Morgan fingerprint density at radius 2 is 2.09 bits per heavy atom. The molecule has 1 aliphatic rings. The molecule has 0 radical (unpaired) electrons. The molecule has 0 N–H and O–H groups in total. The molecule has 1 aliphatic heterocycles. The number of carbonyl (C=O) groups is 1. The summed E-state index contributed by atoms with van der Waals surface area (Å²) in [6.07, 6.45) is -3.02. The molecule has 3 rings (SSSR count). The number of fused-ring (bicyclic) bond motifs is 1. The Balaban J connectivity index is 2.01. The summed E-state index contributed by atoms with van der Waals surface area (Å²) in [7, 11) is 0. The average Bonchev–Trinajstić information content (AvgIpc) is 2.99. The maximum absolute atomic E-state index is 13.9. The molecule has 6 nitrogen and oxygen atoms in total. The van der Waals surface area contributed by atoms with Gasteiger partial charge in [0.1, 0.15) is 12.9 Å². The normalized spacial score (nSPS) is 21.1. The first kappa shape index (κ1) is 15.4. The third-order valence-electron chi connectivity index (χ3n) is 4.23. The molecule has 1 aromatic heterocycles. The minimum atomic E-state index is -4.60. The fourth-order valence-corrected chi connectivity index (χ4v) is 2.97. The highest BCUT2D eigenvalue weighted by Crippen LogP contribution is 2.47. The zero-order valence-electron chi connectivity index (χ0n) is 12.3. The number of hydrogen-bond acceptors (Lipinski definition) is 4. The van der Waals surface area contributed by atoms with Crippen LogP contribution in [0, 0.1) is 0 Å². The fraction of sp³-hybridized carbons (Fsp3) is 0.429. The van der Waals surface area contributed by atoms with E-state index >= 15 is 0 Å². The van der Waals surface area contributed by atoms with Crippen molar-refractivity contribution in [1.82, 2.24) is 25.1 Å². The molecule has 0 spiro atoms. The van der Waals surface area contributed by atoms with Crippen LogP contribution >= 0.6 is 0 Å². The second kappa shape index (κ2) is 5.32. The van der Waals surface area contributed by atoms with Crippen molar-refractivity contribution in [3.63, 3.8) is 0 Å². The third kappa shape index (κ3) is 2.45. The number of amides is 1. The summed E-state index contributed by atoms with van der Waals surface area (Å²) in [5, 5.41) is 10.3. The van der Waals surface area contributed by atoms with Crippen LogP contribution in [-0.4, -0.2) is 43.7 Å². The van der Waals surface area contributed by atoms with E-state index in [1.165, 1.54) is 12.4 Å². The van der Waals surface area contributed by atoms with Gasteiger partial charge in [-0.3, -0.25) is 4.79 Å². The lowest BCUT2D eigenvalue weighted by molar-refractivity contribution is -0.234. The predicted molar refractivity (Wildman–Crippen MR) is 73.1 cm³/mol. The average molecular weight is 325 g/mol. The fourth-order valence-electron chi connectivity index (χ4n) is 2.97. The molecule has 23 heavy (non-hydrogen) atoms. The van der Waals surface area contributed by atoms with Crippen LogP contribution < -0.4 is 0 Å². The largest absolute Gasteiger partial charge is 0.415 e. The van der Waals surface area contributed by atoms with Crippen LogP contribution in [0.3, 0.4) is 0 Å². The quantitative estimate of drug-likeness (QED) is 0.840. The molecule has 0 saturated carbocycles. The van der Waals surface area contributed by atoms with Gasteiger partial charge < -0.3 is 4.90 Å².